The Bertz CT molecular complexity index is 1390. The maximum absolute atomic E-state index is 13.0. The second-order valence-electron chi connectivity index (χ2n) is 7.87. The Morgan fingerprint density at radius 2 is 1.91 bits per heavy atom. The predicted octanol–water partition coefficient (Wildman–Crippen LogP) is 5.41. The number of nitrogens with zero attached hydrogens (tertiary/aromatic N) is 2. The third-order valence-electron chi connectivity index (χ3n) is 5.40. The summed E-state index contributed by atoms with van der Waals surface area (Å²) in [7, 11) is 0. The number of fused-ring (bicyclic) bond motifs is 1. The normalized spacial score (nSPS) is 11.5. The molecule has 0 saturated heterocycles. The molecule has 4 N–H and O–H groups in total. The van der Waals surface area contributed by atoms with Crippen LogP contribution in [0.5, 0.6) is 5.75 Å². The monoisotopic (exact) mass is 485 g/mol. The van der Waals surface area contributed by atoms with Crippen molar-refractivity contribution in [3.8, 4) is 11.8 Å². The lowest BCUT2D eigenvalue weighted by Crippen LogP contribution is -2.37. The molecule has 0 unspecified atom stereocenters. The first-order chi connectivity index (χ1) is 17.0. The van der Waals surface area contributed by atoms with Crippen LogP contribution >= 0.6 is 11.6 Å². The van der Waals surface area contributed by atoms with Crippen molar-refractivity contribution in [2.24, 2.45) is 5.73 Å². The van der Waals surface area contributed by atoms with Gasteiger partial charge in [-0.05, 0) is 49.2 Å². The van der Waals surface area contributed by atoms with E-state index in [0.29, 0.717) is 51.6 Å². The lowest BCUT2D eigenvalue weighted by atomic mass is 10.1. The van der Waals surface area contributed by atoms with Crippen molar-refractivity contribution >= 4 is 45.5 Å². The van der Waals surface area contributed by atoms with Gasteiger partial charge in [0.05, 0.1) is 35.1 Å². The molecule has 0 bridgehead atoms. The number of amides is 1. The Labute approximate surface area is 208 Å². The molecule has 0 aliphatic carbocycles. The zero-order valence-corrected chi connectivity index (χ0v) is 19.8. The van der Waals surface area contributed by atoms with Crippen LogP contribution in [0.25, 0.3) is 10.9 Å². The number of carbonyl (C=O) groups excluding carboxylic acids is 1. The van der Waals surface area contributed by atoms with E-state index in [1.807, 2.05) is 49.4 Å². The van der Waals surface area contributed by atoms with Crippen LogP contribution in [0.3, 0.4) is 0 Å². The van der Waals surface area contributed by atoms with Gasteiger partial charge in [0.2, 0.25) is 5.91 Å². The van der Waals surface area contributed by atoms with E-state index >= 15 is 0 Å². The second-order valence-corrected chi connectivity index (χ2v) is 8.31. The molecule has 4 rings (SSSR count). The van der Waals surface area contributed by atoms with Crippen LogP contribution in [0.2, 0.25) is 5.02 Å². The SMILES string of the molecule is CCOc1cc2ncc(C#N)c(Nc3ccc(Cl)cc3)c2cc1NC(=O)[C@@H](N)Cc1ccccc1. The largest absolute Gasteiger partial charge is 0.492 e. The molecule has 0 aliphatic heterocycles. The number of aromatic nitrogens is 1. The second kappa shape index (κ2) is 10.9. The Morgan fingerprint density at radius 1 is 1.17 bits per heavy atom. The van der Waals surface area contributed by atoms with E-state index in [0.717, 1.165) is 11.3 Å². The number of hydrogen-bond acceptors (Lipinski definition) is 6. The van der Waals surface area contributed by atoms with E-state index in [1.165, 1.54) is 6.20 Å². The first-order valence-electron chi connectivity index (χ1n) is 11.1. The van der Waals surface area contributed by atoms with Crippen molar-refractivity contribution in [3.05, 3.63) is 89.1 Å². The van der Waals surface area contributed by atoms with Gasteiger partial charge in [0, 0.05) is 28.4 Å². The van der Waals surface area contributed by atoms with E-state index in [2.05, 4.69) is 21.7 Å². The Morgan fingerprint density at radius 3 is 2.60 bits per heavy atom. The highest BCUT2D eigenvalue weighted by atomic mass is 35.5. The van der Waals surface area contributed by atoms with Crippen molar-refractivity contribution in [1.29, 1.82) is 5.26 Å². The number of benzene rings is 3. The number of rotatable bonds is 8. The zero-order valence-electron chi connectivity index (χ0n) is 19.1. The average Bonchev–Trinajstić information content (AvgIpc) is 2.86. The van der Waals surface area contributed by atoms with Crippen LogP contribution in [0.15, 0.2) is 72.9 Å². The molecule has 8 heteroatoms. The molecular formula is C27H24ClN5O2. The number of nitriles is 1. The third kappa shape index (κ3) is 5.69. The molecule has 3 aromatic carbocycles. The van der Waals surface area contributed by atoms with Gasteiger partial charge in [0.1, 0.15) is 11.8 Å². The number of pyridine rings is 1. The summed E-state index contributed by atoms with van der Waals surface area (Å²) in [5, 5.41) is 17.1. The van der Waals surface area contributed by atoms with Crippen LogP contribution < -0.4 is 21.1 Å². The van der Waals surface area contributed by atoms with Gasteiger partial charge in [-0.1, -0.05) is 41.9 Å². The fraction of sp³-hybridized carbons (Fsp3) is 0.148. The highest BCUT2D eigenvalue weighted by molar-refractivity contribution is 6.30. The lowest BCUT2D eigenvalue weighted by Gasteiger charge is -2.18. The van der Waals surface area contributed by atoms with Gasteiger partial charge >= 0.3 is 0 Å². The summed E-state index contributed by atoms with van der Waals surface area (Å²) in [5.41, 5.74) is 9.89. The average molecular weight is 486 g/mol. The lowest BCUT2D eigenvalue weighted by molar-refractivity contribution is -0.117. The molecule has 4 aromatic rings. The first kappa shape index (κ1) is 24.0. The van der Waals surface area contributed by atoms with Crippen molar-refractivity contribution < 1.29 is 9.53 Å². The molecule has 1 aromatic heterocycles. The van der Waals surface area contributed by atoms with E-state index in [1.54, 1.807) is 24.3 Å². The summed E-state index contributed by atoms with van der Waals surface area (Å²) < 4.78 is 5.78. The molecule has 0 radical (unpaired) electrons. The minimum absolute atomic E-state index is 0.342. The van der Waals surface area contributed by atoms with Crippen LogP contribution in [0, 0.1) is 11.3 Å². The van der Waals surface area contributed by atoms with Crippen LogP contribution in [-0.4, -0.2) is 23.5 Å². The first-order valence-corrected chi connectivity index (χ1v) is 11.5. The van der Waals surface area contributed by atoms with Gasteiger partial charge in [-0.3, -0.25) is 9.78 Å². The number of carbonyl (C=O) groups is 1. The number of halogens is 1. The smallest absolute Gasteiger partial charge is 0.241 e. The summed E-state index contributed by atoms with van der Waals surface area (Å²) in [6.45, 7) is 2.26. The van der Waals surface area contributed by atoms with Gasteiger partial charge in [0.15, 0.2) is 0 Å². The summed E-state index contributed by atoms with van der Waals surface area (Å²) in [4.78, 5) is 17.4. The van der Waals surface area contributed by atoms with Crippen LogP contribution in [0.1, 0.15) is 18.1 Å². The molecule has 0 spiro atoms. The number of nitrogens with one attached hydrogen (secondary N) is 2. The maximum Gasteiger partial charge on any atom is 0.241 e. The van der Waals surface area contributed by atoms with Crippen molar-refractivity contribution in [2.75, 3.05) is 17.2 Å². The summed E-state index contributed by atoms with van der Waals surface area (Å²) >= 11 is 6.01. The quantitative estimate of drug-likeness (QED) is 0.307. The Balaban J connectivity index is 1.71. The van der Waals surface area contributed by atoms with Crippen molar-refractivity contribution in [3.63, 3.8) is 0 Å². The van der Waals surface area contributed by atoms with E-state index in [-0.39, 0.29) is 5.91 Å². The molecule has 1 heterocycles. The van der Waals surface area contributed by atoms with Crippen LogP contribution in [0.4, 0.5) is 17.1 Å². The molecule has 0 saturated carbocycles. The molecule has 0 aliphatic rings. The molecule has 1 amide bonds. The number of ether oxygens (including phenoxy) is 1. The molecule has 7 nitrogen and oxygen atoms in total. The fourth-order valence-corrected chi connectivity index (χ4v) is 3.80. The molecule has 1 atom stereocenters. The standard InChI is InChI=1S/C27H24ClN5O2/c1-2-35-25-14-23-21(13-24(25)33-27(34)22(30)12-17-6-4-3-5-7-17)26(18(15-29)16-31-23)32-20-10-8-19(28)9-11-20/h3-11,13-14,16,22H,2,12,30H2,1H3,(H,31,32)(H,33,34)/t22-/m0/s1. The number of anilines is 3. The van der Waals surface area contributed by atoms with Gasteiger partial charge in [-0.2, -0.15) is 5.26 Å². The van der Waals surface area contributed by atoms with E-state index in [9.17, 15) is 10.1 Å². The summed E-state index contributed by atoms with van der Waals surface area (Å²) in [6.07, 6.45) is 1.90. The minimum atomic E-state index is -0.752. The molecular weight excluding hydrogens is 462 g/mol. The van der Waals surface area contributed by atoms with Crippen molar-refractivity contribution in [2.45, 2.75) is 19.4 Å². The highest BCUT2D eigenvalue weighted by Crippen LogP contribution is 2.36. The Hall–Kier alpha value is -4.12. The van der Waals surface area contributed by atoms with Crippen molar-refractivity contribution in [1.82, 2.24) is 4.98 Å². The maximum atomic E-state index is 13.0. The zero-order chi connectivity index (χ0) is 24.8. The summed E-state index contributed by atoms with van der Waals surface area (Å²) in [5.74, 6) is 0.126. The van der Waals surface area contributed by atoms with Gasteiger partial charge < -0.3 is 21.1 Å². The van der Waals surface area contributed by atoms with Gasteiger partial charge in [-0.25, -0.2) is 0 Å². The minimum Gasteiger partial charge on any atom is -0.492 e. The topological polar surface area (TPSA) is 113 Å². The molecule has 176 valence electrons. The van der Waals surface area contributed by atoms with Gasteiger partial charge in [-0.15, -0.1) is 0 Å². The van der Waals surface area contributed by atoms with E-state index < -0.39 is 6.04 Å². The Kier molecular flexibility index (Phi) is 7.46. The number of nitrogens with two attached hydrogens (primary N) is 1. The predicted molar refractivity (Wildman–Crippen MR) is 139 cm³/mol. The summed E-state index contributed by atoms with van der Waals surface area (Å²) in [6, 6.07) is 21.6. The number of hydrogen-bond donors (Lipinski definition) is 3. The third-order valence-corrected chi connectivity index (χ3v) is 5.65. The highest BCUT2D eigenvalue weighted by Gasteiger charge is 2.19. The fourth-order valence-electron chi connectivity index (χ4n) is 3.68. The van der Waals surface area contributed by atoms with E-state index in [4.69, 9.17) is 22.1 Å². The van der Waals surface area contributed by atoms with Gasteiger partial charge in [0.25, 0.3) is 0 Å². The molecule has 35 heavy (non-hydrogen) atoms. The molecule has 0 fully saturated rings. The van der Waals surface area contributed by atoms with Crippen LogP contribution in [-0.2, 0) is 11.2 Å².